The molecule has 0 atom stereocenters. The summed E-state index contributed by atoms with van der Waals surface area (Å²) in [4.78, 5) is 14.0. The van der Waals surface area contributed by atoms with Crippen molar-refractivity contribution in [2.75, 3.05) is 35.8 Å². The number of sulfone groups is 1. The van der Waals surface area contributed by atoms with Gasteiger partial charge in [-0.05, 0) is 43.0 Å². The quantitative estimate of drug-likeness (QED) is 0.922. The molecule has 0 bridgehead atoms. The van der Waals surface area contributed by atoms with E-state index in [4.69, 9.17) is 0 Å². The lowest BCUT2D eigenvalue weighted by Crippen LogP contribution is -2.26. The van der Waals surface area contributed by atoms with Crippen LogP contribution in [0.25, 0.3) is 0 Å². The zero-order chi connectivity index (χ0) is 15.5. The maximum Gasteiger partial charge on any atom is 0.224 e. The summed E-state index contributed by atoms with van der Waals surface area (Å²) in [6.07, 6.45) is 1.58. The van der Waals surface area contributed by atoms with Gasteiger partial charge in [0, 0.05) is 31.9 Å². The molecule has 1 aliphatic rings. The Morgan fingerprint density at radius 2 is 1.76 bits per heavy atom. The number of anilines is 2. The second-order valence-electron chi connectivity index (χ2n) is 5.79. The molecule has 0 aromatic heterocycles. The van der Waals surface area contributed by atoms with Crippen LogP contribution in [0.4, 0.5) is 11.4 Å². The van der Waals surface area contributed by atoms with Crippen LogP contribution >= 0.6 is 0 Å². The first kappa shape index (κ1) is 15.8. The highest BCUT2D eigenvalue weighted by atomic mass is 32.2. The molecule has 1 aliphatic heterocycles. The molecule has 0 radical (unpaired) electrons. The lowest BCUT2D eigenvalue weighted by molar-refractivity contribution is -0.117. The molecule has 5 nitrogen and oxygen atoms in total. The van der Waals surface area contributed by atoms with Gasteiger partial charge in [0.25, 0.3) is 0 Å². The topological polar surface area (TPSA) is 66.5 Å². The third-order valence-corrected chi connectivity index (χ3v) is 5.53. The van der Waals surface area contributed by atoms with Gasteiger partial charge in [0.1, 0.15) is 9.84 Å². The molecule has 0 unspecified atom stereocenters. The average molecular weight is 310 g/mol. The molecule has 2 rings (SSSR count). The number of nitrogens with one attached hydrogen (secondary N) is 1. The Hall–Kier alpha value is -1.56. The maximum absolute atomic E-state index is 12.0. The highest BCUT2D eigenvalue weighted by Crippen LogP contribution is 2.23. The zero-order valence-electron chi connectivity index (χ0n) is 12.5. The Balaban J connectivity index is 1.84. The van der Waals surface area contributed by atoms with Crippen molar-refractivity contribution >= 4 is 27.1 Å². The largest absolute Gasteiger partial charge is 0.378 e. The molecule has 1 heterocycles. The Labute approximate surface area is 126 Å². The van der Waals surface area contributed by atoms with E-state index in [1.807, 2.05) is 43.3 Å². The summed E-state index contributed by atoms with van der Waals surface area (Å²) < 4.78 is 22.7. The van der Waals surface area contributed by atoms with Gasteiger partial charge in [-0.25, -0.2) is 8.42 Å². The fourth-order valence-corrected chi connectivity index (χ4v) is 4.05. The zero-order valence-corrected chi connectivity index (χ0v) is 13.3. The molecule has 1 saturated heterocycles. The number of carbonyl (C=O) groups excluding carboxylic acids is 1. The highest BCUT2D eigenvalue weighted by molar-refractivity contribution is 7.91. The van der Waals surface area contributed by atoms with Crippen molar-refractivity contribution in [3.8, 4) is 0 Å². The van der Waals surface area contributed by atoms with Gasteiger partial charge >= 0.3 is 0 Å². The van der Waals surface area contributed by atoms with Gasteiger partial charge in [0.05, 0.1) is 11.5 Å². The summed E-state index contributed by atoms with van der Waals surface area (Å²) in [5.74, 6) is 0.553. The van der Waals surface area contributed by atoms with E-state index in [0.717, 1.165) is 11.4 Å². The summed E-state index contributed by atoms with van der Waals surface area (Å²) in [6, 6.07) is 7.64. The summed E-state index contributed by atoms with van der Waals surface area (Å²) in [6.45, 7) is 0. The smallest absolute Gasteiger partial charge is 0.224 e. The van der Waals surface area contributed by atoms with Crippen LogP contribution in [-0.4, -0.2) is 39.9 Å². The lowest BCUT2D eigenvalue weighted by Gasteiger charge is -2.21. The van der Waals surface area contributed by atoms with Crippen molar-refractivity contribution < 1.29 is 13.2 Å². The van der Waals surface area contributed by atoms with E-state index in [1.54, 1.807) is 0 Å². The number of hydrogen-bond acceptors (Lipinski definition) is 4. The third-order valence-electron chi connectivity index (χ3n) is 3.82. The van der Waals surface area contributed by atoms with Crippen molar-refractivity contribution in [2.45, 2.75) is 19.3 Å². The SMILES string of the molecule is CN(C)c1ccc(NC(=O)CC2CCS(=O)(=O)CC2)cc1. The lowest BCUT2D eigenvalue weighted by atomic mass is 9.98. The first-order valence-corrected chi connectivity index (χ1v) is 8.95. The Morgan fingerprint density at radius 3 is 2.29 bits per heavy atom. The number of hydrogen-bond donors (Lipinski definition) is 1. The number of benzene rings is 1. The van der Waals surface area contributed by atoms with Gasteiger partial charge in [-0.2, -0.15) is 0 Å². The maximum atomic E-state index is 12.0. The molecule has 1 aromatic rings. The van der Waals surface area contributed by atoms with Crippen LogP contribution in [-0.2, 0) is 14.6 Å². The molecule has 0 saturated carbocycles. The van der Waals surface area contributed by atoms with Gasteiger partial charge in [-0.3, -0.25) is 4.79 Å². The predicted octanol–water partition coefficient (Wildman–Crippen LogP) is 1.91. The summed E-state index contributed by atoms with van der Waals surface area (Å²) in [5.41, 5.74) is 1.85. The first-order chi connectivity index (χ1) is 9.85. The molecular formula is C15H22N2O3S. The molecule has 21 heavy (non-hydrogen) atoms. The van der Waals surface area contributed by atoms with E-state index in [9.17, 15) is 13.2 Å². The number of rotatable bonds is 4. The Morgan fingerprint density at radius 1 is 1.19 bits per heavy atom. The molecule has 0 aliphatic carbocycles. The van der Waals surface area contributed by atoms with Gasteiger partial charge in [-0.15, -0.1) is 0 Å². The molecule has 1 N–H and O–H groups in total. The summed E-state index contributed by atoms with van der Waals surface area (Å²) >= 11 is 0. The fraction of sp³-hybridized carbons (Fsp3) is 0.533. The molecule has 0 spiro atoms. The van der Waals surface area contributed by atoms with E-state index >= 15 is 0 Å². The van der Waals surface area contributed by atoms with E-state index in [2.05, 4.69) is 5.32 Å². The van der Waals surface area contributed by atoms with Gasteiger partial charge in [-0.1, -0.05) is 0 Å². The van der Waals surface area contributed by atoms with Crippen LogP contribution in [0.5, 0.6) is 0 Å². The monoisotopic (exact) mass is 310 g/mol. The minimum absolute atomic E-state index is 0.0445. The van der Waals surface area contributed by atoms with E-state index in [1.165, 1.54) is 0 Å². The fourth-order valence-electron chi connectivity index (χ4n) is 2.46. The van der Waals surface area contributed by atoms with Gasteiger partial charge in [0.15, 0.2) is 0 Å². The van der Waals surface area contributed by atoms with Crippen LogP contribution in [0.15, 0.2) is 24.3 Å². The second-order valence-corrected chi connectivity index (χ2v) is 8.09. The molecule has 116 valence electrons. The van der Waals surface area contributed by atoms with Crippen molar-refractivity contribution in [2.24, 2.45) is 5.92 Å². The molecule has 1 aromatic carbocycles. The minimum Gasteiger partial charge on any atom is -0.378 e. The predicted molar refractivity (Wildman–Crippen MR) is 85.4 cm³/mol. The van der Waals surface area contributed by atoms with Gasteiger partial charge < -0.3 is 10.2 Å². The van der Waals surface area contributed by atoms with Crippen molar-refractivity contribution in [3.63, 3.8) is 0 Å². The first-order valence-electron chi connectivity index (χ1n) is 7.13. The van der Waals surface area contributed by atoms with Crippen molar-refractivity contribution in [1.82, 2.24) is 0 Å². The van der Waals surface area contributed by atoms with E-state index in [-0.39, 0.29) is 23.3 Å². The van der Waals surface area contributed by atoms with Crippen LogP contribution in [0.2, 0.25) is 0 Å². The van der Waals surface area contributed by atoms with Crippen molar-refractivity contribution in [1.29, 1.82) is 0 Å². The minimum atomic E-state index is -2.86. The number of carbonyl (C=O) groups is 1. The normalized spacial score (nSPS) is 18.2. The summed E-state index contributed by atoms with van der Waals surface area (Å²) in [7, 11) is 1.07. The summed E-state index contributed by atoms with van der Waals surface area (Å²) in [5, 5.41) is 2.87. The molecule has 1 amide bonds. The van der Waals surface area contributed by atoms with Gasteiger partial charge in [0.2, 0.25) is 5.91 Å². The molecular weight excluding hydrogens is 288 g/mol. The van der Waals surface area contributed by atoms with E-state index < -0.39 is 9.84 Å². The van der Waals surface area contributed by atoms with Crippen LogP contribution in [0.1, 0.15) is 19.3 Å². The van der Waals surface area contributed by atoms with Crippen LogP contribution < -0.4 is 10.2 Å². The Kier molecular flexibility index (Phi) is 4.88. The standard InChI is InChI=1S/C15H22N2O3S/c1-17(2)14-5-3-13(4-6-14)16-15(18)11-12-7-9-21(19,20)10-8-12/h3-6,12H,7-11H2,1-2H3,(H,16,18). The number of nitrogens with zero attached hydrogens (tertiary/aromatic N) is 1. The highest BCUT2D eigenvalue weighted by Gasteiger charge is 2.25. The van der Waals surface area contributed by atoms with Crippen molar-refractivity contribution in [3.05, 3.63) is 24.3 Å². The van der Waals surface area contributed by atoms with Crippen LogP contribution in [0.3, 0.4) is 0 Å². The molecule has 6 heteroatoms. The Bertz CT molecular complexity index is 580. The number of amides is 1. The average Bonchev–Trinajstić information content (AvgIpc) is 2.42. The van der Waals surface area contributed by atoms with E-state index in [0.29, 0.717) is 19.3 Å². The second kappa shape index (κ2) is 6.47. The molecule has 1 fully saturated rings. The van der Waals surface area contributed by atoms with Crippen LogP contribution in [0, 0.1) is 5.92 Å². The third kappa shape index (κ3) is 4.74.